The van der Waals surface area contributed by atoms with Gasteiger partial charge in [0, 0.05) is 25.7 Å². The summed E-state index contributed by atoms with van der Waals surface area (Å²) in [6, 6.07) is 0. The first kappa shape index (κ1) is 91.1. The number of carbonyl (C=O) groups is 4. The lowest BCUT2D eigenvalue weighted by Gasteiger charge is -2.21. The number of phosphoric ester groups is 2. The molecular weight excluding hydrogens is 1220 g/mol. The SMILES string of the molecule is CCCCCCCCCCCCCCCCCCC(=O)OC[C@H](COP(=O)(O)OC[C@@H](O)COP(=O)(O)OC[C@@H](COC(=O)CCCCCCCCC)OC(=O)CCCCCCCCCC)OC(=O)CCCCCCCCCCCCCCCCCCCCC(C)CC. The third-order valence-electron chi connectivity index (χ3n) is 17.6. The molecule has 0 aromatic heterocycles. The number of phosphoric acid groups is 2. The average Bonchev–Trinajstić information content (AvgIpc) is 2.35. The van der Waals surface area contributed by atoms with Crippen LogP contribution in [-0.4, -0.2) is 96.7 Å². The maximum atomic E-state index is 13.1. The van der Waals surface area contributed by atoms with E-state index in [0.717, 1.165) is 115 Å². The Kier molecular flexibility index (Phi) is 65.9. The molecule has 0 aliphatic rings. The highest BCUT2D eigenvalue weighted by atomic mass is 31.2. The number of carbonyl (C=O) groups excluding carboxylic acids is 4. The lowest BCUT2D eigenvalue weighted by atomic mass is 9.99. The highest BCUT2D eigenvalue weighted by Gasteiger charge is 2.30. The van der Waals surface area contributed by atoms with Gasteiger partial charge in [0.15, 0.2) is 12.2 Å². The van der Waals surface area contributed by atoms with Gasteiger partial charge >= 0.3 is 39.5 Å². The van der Waals surface area contributed by atoms with E-state index in [-0.39, 0.29) is 25.7 Å². The van der Waals surface area contributed by atoms with Crippen LogP contribution in [0.15, 0.2) is 0 Å². The molecular formula is C74H144O17P2. The molecule has 0 bridgehead atoms. The van der Waals surface area contributed by atoms with Gasteiger partial charge in [-0.25, -0.2) is 9.13 Å². The molecule has 3 unspecified atom stereocenters. The number of ether oxygens (including phenoxy) is 4. The molecule has 0 aromatic carbocycles. The van der Waals surface area contributed by atoms with Gasteiger partial charge < -0.3 is 33.8 Å². The van der Waals surface area contributed by atoms with E-state index in [9.17, 15) is 43.2 Å². The minimum atomic E-state index is -4.95. The summed E-state index contributed by atoms with van der Waals surface area (Å²) in [6.07, 6.45) is 55.8. The van der Waals surface area contributed by atoms with Crippen LogP contribution >= 0.6 is 15.6 Å². The summed E-state index contributed by atoms with van der Waals surface area (Å²) in [5, 5.41) is 10.6. The van der Waals surface area contributed by atoms with Gasteiger partial charge in [-0.3, -0.25) is 37.3 Å². The maximum absolute atomic E-state index is 13.1. The molecule has 0 aliphatic heterocycles. The van der Waals surface area contributed by atoms with E-state index in [1.165, 1.54) is 193 Å². The number of hydrogen-bond donors (Lipinski definition) is 3. The highest BCUT2D eigenvalue weighted by molar-refractivity contribution is 7.47. The van der Waals surface area contributed by atoms with Crippen LogP contribution in [0.3, 0.4) is 0 Å². The van der Waals surface area contributed by atoms with Crippen molar-refractivity contribution in [3.63, 3.8) is 0 Å². The molecule has 552 valence electrons. The van der Waals surface area contributed by atoms with Crippen LogP contribution in [0.5, 0.6) is 0 Å². The zero-order chi connectivity index (χ0) is 68.4. The molecule has 0 aromatic rings. The zero-order valence-corrected chi connectivity index (χ0v) is 62.2. The largest absolute Gasteiger partial charge is 0.472 e. The number of aliphatic hydroxyl groups is 1. The van der Waals surface area contributed by atoms with Gasteiger partial charge in [-0.1, -0.05) is 336 Å². The van der Waals surface area contributed by atoms with Crippen molar-refractivity contribution in [2.45, 2.75) is 406 Å². The van der Waals surface area contributed by atoms with Crippen molar-refractivity contribution >= 4 is 39.5 Å². The summed E-state index contributed by atoms with van der Waals surface area (Å²) in [5.41, 5.74) is 0. The summed E-state index contributed by atoms with van der Waals surface area (Å²) in [6.45, 7) is 7.27. The van der Waals surface area contributed by atoms with Crippen LogP contribution in [0.2, 0.25) is 0 Å². The molecule has 0 radical (unpaired) electrons. The molecule has 0 amide bonds. The van der Waals surface area contributed by atoms with E-state index in [2.05, 4.69) is 34.6 Å². The van der Waals surface area contributed by atoms with Crippen LogP contribution in [0.4, 0.5) is 0 Å². The van der Waals surface area contributed by atoms with Gasteiger partial charge in [-0.2, -0.15) is 0 Å². The fourth-order valence-corrected chi connectivity index (χ4v) is 12.9. The van der Waals surface area contributed by atoms with Crippen LogP contribution in [-0.2, 0) is 65.4 Å². The van der Waals surface area contributed by atoms with E-state index in [0.29, 0.717) is 25.7 Å². The average molecular weight is 1370 g/mol. The highest BCUT2D eigenvalue weighted by Crippen LogP contribution is 2.45. The molecule has 0 rings (SSSR count). The van der Waals surface area contributed by atoms with Crippen molar-refractivity contribution in [1.82, 2.24) is 0 Å². The van der Waals surface area contributed by atoms with E-state index in [1.807, 2.05) is 0 Å². The maximum Gasteiger partial charge on any atom is 0.472 e. The second-order valence-electron chi connectivity index (χ2n) is 26.9. The topological polar surface area (TPSA) is 237 Å². The Balaban J connectivity index is 5.12. The first-order chi connectivity index (χ1) is 45.1. The fraction of sp³-hybridized carbons (Fsp3) is 0.946. The Bertz CT molecular complexity index is 1790. The fourth-order valence-electron chi connectivity index (χ4n) is 11.3. The Morgan fingerprint density at radius 3 is 0.763 bits per heavy atom. The summed E-state index contributed by atoms with van der Waals surface area (Å²) >= 11 is 0. The number of esters is 4. The Hall–Kier alpha value is -1.94. The first-order valence-corrected chi connectivity index (χ1v) is 41.7. The molecule has 0 fully saturated rings. The smallest absolute Gasteiger partial charge is 0.462 e. The Morgan fingerprint density at radius 2 is 0.516 bits per heavy atom. The van der Waals surface area contributed by atoms with Gasteiger partial charge in [0.2, 0.25) is 0 Å². The molecule has 0 heterocycles. The summed E-state index contributed by atoms with van der Waals surface area (Å²) in [4.78, 5) is 72.4. The van der Waals surface area contributed by atoms with Crippen molar-refractivity contribution in [3.8, 4) is 0 Å². The summed E-state index contributed by atoms with van der Waals surface area (Å²) < 4.78 is 68.2. The molecule has 93 heavy (non-hydrogen) atoms. The van der Waals surface area contributed by atoms with Gasteiger partial charge in [0.25, 0.3) is 0 Å². The van der Waals surface area contributed by atoms with Crippen LogP contribution in [0.25, 0.3) is 0 Å². The first-order valence-electron chi connectivity index (χ1n) is 38.7. The number of aliphatic hydroxyl groups excluding tert-OH is 1. The second kappa shape index (κ2) is 67.3. The molecule has 0 spiro atoms. The van der Waals surface area contributed by atoms with Crippen molar-refractivity contribution in [2.24, 2.45) is 5.92 Å². The van der Waals surface area contributed by atoms with E-state index >= 15 is 0 Å². The number of rotatable bonds is 74. The van der Waals surface area contributed by atoms with E-state index in [1.54, 1.807) is 0 Å². The van der Waals surface area contributed by atoms with Gasteiger partial charge in [-0.15, -0.1) is 0 Å². The molecule has 19 heteroatoms. The van der Waals surface area contributed by atoms with Crippen molar-refractivity contribution in [1.29, 1.82) is 0 Å². The standard InChI is InChI=1S/C74H144O17P2/c1-6-10-13-16-19-21-22-23-24-30-33-36-39-44-48-53-58-72(77)85-64-70(91-74(79)60-55-50-45-40-37-34-31-28-26-25-27-29-32-35-38-42-46-51-56-67(5)9-4)66-89-93(82,83)87-62-68(75)61-86-92(80,81)88-65-69(63-84-71(76)57-52-47-41-18-15-12-8-3)90-73(78)59-54-49-43-20-17-14-11-7-2/h67-70,75H,6-66H2,1-5H3,(H,80,81)(H,82,83)/t67?,68-,69+,70+/m0/s1. The van der Waals surface area contributed by atoms with Gasteiger partial charge in [0.1, 0.15) is 19.3 Å². The zero-order valence-electron chi connectivity index (χ0n) is 60.4. The van der Waals surface area contributed by atoms with Crippen molar-refractivity contribution in [3.05, 3.63) is 0 Å². The Morgan fingerprint density at radius 1 is 0.301 bits per heavy atom. The van der Waals surface area contributed by atoms with Gasteiger partial charge in [0.05, 0.1) is 26.4 Å². The number of hydrogen-bond acceptors (Lipinski definition) is 15. The normalized spacial score (nSPS) is 14.3. The monoisotopic (exact) mass is 1370 g/mol. The van der Waals surface area contributed by atoms with Crippen LogP contribution < -0.4 is 0 Å². The molecule has 0 aliphatic carbocycles. The van der Waals surface area contributed by atoms with E-state index in [4.69, 9.17) is 37.0 Å². The summed E-state index contributed by atoms with van der Waals surface area (Å²) in [7, 11) is -9.89. The predicted octanol–water partition coefficient (Wildman–Crippen LogP) is 21.7. The Labute approximate surface area is 568 Å². The predicted molar refractivity (Wildman–Crippen MR) is 377 cm³/mol. The molecule has 0 saturated carbocycles. The second-order valence-corrected chi connectivity index (χ2v) is 29.8. The van der Waals surface area contributed by atoms with Crippen molar-refractivity contribution in [2.75, 3.05) is 39.6 Å². The third kappa shape index (κ3) is 67.0. The minimum Gasteiger partial charge on any atom is -0.462 e. The molecule has 17 nitrogen and oxygen atoms in total. The third-order valence-corrected chi connectivity index (χ3v) is 19.5. The summed E-state index contributed by atoms with van der Waals surface area (Å²) in [5.74, 6) is -1.25. The molecule has 3 N–H and O–H groups in total. The number of unbranched alkanes of at least 4 members (excludes halogenated alkanes) is 45. The molecule has 6 atom stereocenters. The van der Waals surface area contributed by atoms with Crippen LogP contribution in [0.1, 0.15) is 388 Å². The van der Waals surface area contributed by atoms with Gasteiger partial charge in [-0.05, 0) is 31.6 Å². The quantitative estimate of drug-likeness (QED) is 0.0222. The van der Waals surface area contributed by atoms with Crippen LogP contribution in [0, 0.1) is 5.92 Å². The lowest BCUT2D eigenvalue weighted by Crippen LogP contribution is -2.30. The lowest BCUT2D eigenvalue weighted by molar-refractivity contribution is -0.161. The minimum absolute atomic E-state index is 0.105. The van der Waals surface area contributed by atoms with Crippen molar-refractivity contribution < 1.29 is 80.2 Å². The molecule has 0 saturated heterocycles. The van der Waals surface area contributed by atoms with E-state index < -0.39 is 97.5 Å².